The van der Waals surface area contributed by atoms with Crippen molar-refractivity contribution in [1.29, 1.82) is 0 Å². The molecular weight excluding hydrogens is 208 g/mol. The molecule has 0 aliphatic rings. The van der Waals surface area contributed by atoms with E-state index in [-0.39, 0.29) is 0 Å². The molecule has 0 rings (SSSR count). The van der Waals surface area contributed by atoms with E-state index in [1.807, 2.05) is 0 Å². The Morgan fingerprint density at radius 1 is 1.00 bits per heavy atom. The van der Waals surface area contributed by atoms with E-state index in [2.05, 4.69) is 52.8 Å². The van der Waals surface area contributed by atoms with Gasteiger partial charge in [-0.25, -0.2) is 0 Å². The van der Waals surface area contributed by atoms with Crippen LogP contribution in [0, 0.1) is 0 Å². The van der Waals surface area contributed by atoms with Crippen molar-refractivity contribution in [3.63, 3.8) is 0 Å². The van der Waals surface area contributed by atoms with Crippen LogP contribution in [-0.2, 0) is 4.12 Å². The van der Waals surface area contributed by atoms with Gasteiger partial charge < -0.3 is 4.12 Å². The van der Waals surface area contributed by atoms with Crippen LogP contribution in [-0.4, -0.2) is 25.4 Å². The van der Waals surface area contributed by atoms with Gasteiger partial charge in [0.15, 0.2) is 17.4 Å². The van der Waals surface area contributed by atoms with Crippen LogP contribution in [0.25, 0.3) is 0 Å². The molecule has 0 amide bonds. The van der Waals surface area contributed by atoms with Gasteiger partial charge in [0, 0.05) is 8.07 Å². The van der Waals surface area contributed by atoms with Crippen LogP contribution in [0.2, 0.25) is 51.0 Å². The minimum atomic E-state index is -1.28. The van der Waals surface area contributed by atoms with Gasteiger partial charge in [-0.15, -0.1) is 0 Å². The van der Waals surface area contributed by atoms with Crippen molar-refractivity contribution < 1.29 is 4.12 Å². The Balaban J connectivity index is 4.20. The molecule has 0 saturated carbocycles. The van der Waals surface area contributed by atoms with Gasteiger partial charge in [0.25, 0.3) is 0 Å². The molecule has 1 nitrogen and oxygen atoms in total. The predicted molar refractivity (Wildman–Crippen MR) is 70.2 cm³/mol. The fraction of sp³-hybridized carbons (Fsp3) is 1.00. The normalized spacial score (nSPS) is 18.5. The molecule has 0 aromatic heterocycles. The molecule has 2 atom stereocenters. The van der Waals surface area contributed by atoms with Crippen LogP contribution >= 0.6 is 0 Å². The topological polar surface area (TPSA) is 9.23 Å². The average Bonchev–Trinajstić information content (AvgIpc) is 1.79. The van der Waals surface area contributed by atoms with E-state index in [0.29, 0.717) is 0 Å². The second kappa shape index (κ2) is 4.42. The van der Waals surface area contributed by atoms with E-state index in [1.165, 1.54) is 0 Å². The summed E-state index contributed by atoms with van der Waals surface area (Å²) < 4.78 is 6.24. The smallest absolute Gasteiger partial charge is 0.170 e. The molecule has 0 aromatic carbocycles. The lowest BCUT2D eigenvalue weighted by Gasteiger charge is -2.33. The van der Waals surface area contributed by atoms with Gasteiger partial charge in [0.2, 0.25) is 0 Å². The lowest BCUT2D eigenvalue weighted by molar-refractivity contribution is 0.569. The second-order valence-electron chi connectivity index (χ2n) is 6.09. The van der Waals surface area contributed by atoms with E-state index >= 15 is 0 Å². The molecule has 0 spiro atoms. The summed E-state index contributed by atoms with van der Waals surface area (Å²) in [5.41, 5.74) is 0. The SMILES string of the molecule is CC([SiH](C)O[Si](C)(C)C)[Si](C)(C)C. The van der Waals surface area contributed by atoms with Gasteiger partial charge in [-0.2, -0.15) is 0 Å². The van der Waals surface area contributed by atoms with E-state index in [4.69, 9.17) is 4.12 Å². The maximum Gasteiger partial charge on any atom is 0.170 e. The highest BCUT2D eigenvalue weighted by atomic mass is 28.4. The third-order valence-electron chi connectivity index (χ3n) is 2.61. The van der Waals surface area contributed by atoms with Gasteiger partial charge in [-0.05, 0) is 31.4 Å². The number of hydrogen-bond acceptors (Lipinski definition) is 1. The molecule has 0 heterocycles. The first-order valence-corrected chi connectivity index (χ1v) is 14.5. The molecule has 13 heavy (non-hydrogen) atoms. The molecule has 0 N–H and O–H groups in total. The zero-order valence-corrected chi connectivity index (χ0v) is 13.7. The van der Waals surface area contributed by atoms with Crippen LogP contribution in [0.1, 0.15) is 6.92 Å². The average molecular weight is 235 g/mol. The summed E-state index contributed by atoms with van der Waals surface area (Å²) in [4.78, 5) is 0. The maximum absolute atomic E-state index is 6.24. The molecule has 0 saturated heterocycles. The zero-order valence-electron chi connectivity index (χ0n) is 10.6. The number of rotatable bonds is 4. The van der Waals surface area contributed by atoms with Gasteiger partial charge in [-0.3, -0.25) is 0 Å². The van der Waals surface area contributed by atoms with Gasteiger partial charge in [0.05, 0.1) is 0 Å². The van der Waals surface area contributed by atoms with Crippen molar-refractivity contribution in [1.82, 2.24) is 0 Å². The summed E-state index contributed by atoms with van der Waals surface area (Å²) in [5, 5.41) is 0.888. The molecular formula is C9H26OSi3. The summed E-state index contributed by atoms with van der Waals surface area (Å²) in [6.07, 6.45) is 0. The van der Waals surface area contributed by atoms with Crippen molar-refractivity contribution in [3.8, 4) is 0 Å². The lowest BCUT2D eigenvalue weighted by atomic mass is 10.9. The Morgan fingerprint density at radius 3 is 1.62 bits per heavy atom. The molecule has 4 heteroatoms. The second-order valence-corrected chi connectivity index (χ2v) is 20.0. The quantitative estimate of drug-likeness (QED) is 0.677. The fourth-order valence-electron chi connectivity index (χ4n) is 1.36. The first kappa shape index (κ1) is 13.6. The third kappa shape index (κ3) is 5.83. The summed E-state index contributed by atoms with van der Waals surface area (Å²) in [6.45, 7) is 19.0. The van der Waals surface area contributed by atoms with Gasteiger partial charge in [0.1, 0.15) is 0 Å². The zero-order chi connectivity index (χ0) is 10.9. The van der Waals surface area contributed by atoms with E-state index in [1.54, 1.807) is 0 Å². The van der Waals surface area contributed by atoms with Crippen LogP contribution in [0.15, 0.2) is 0 Å². The highest BCUT2D eigenvalue weighted by Gasteiger charge is 2.31. The van der Waals surface area contributed by atoms with Crippen LogP contribution in [0.3, 0.4) is 0 Å². The van der Waals surface area contributed by atoms with E-state index < -0.39 is 25.4 Å². The van der Waals surface area contributed by atoms with Crippen molar-refractivity contribution in [2.75, 3.05) is 0 Å². The molecule has 0 aliphatic heterocycles. The molecule has 80 valence electrons. The highest BCUT2D eigenvalue weighted by Crippen LogP contribution is 2.26. The molecule has 0 fully saturated rings. The predicted octanol–water partition coefficient (Wildman–Crippen LogP) is 3.46. The maximum atomic E-state index is 6.24. The van der Waals surface area contributed by atoms with Crippen molar-refractivity contribution in [2.24, 2.45) is 0 Å². The summed E-state index contributed by atoms with van der Waals surface area (Å²) >= 11 is 0. The monoisotopic (exact) mass is 234 g/mol. The van der Waals surface area contributed by atoms with Crippen molar-refractivity contribution >= 4 is 25.4 Å². The standard InChI is InChI=1S/C9H26OSi3/c1-9(12(3,4)5)11(2)10-13(6,7)8/h9,11H,1-8H3. The summed E-state index contributed by atoms with van der Waals surface area (Å²) in [5.74, 6) is 0. The van der Waals surface area contributed by atoms with Crippen molar-refractivity contribution in [3.05, 3.63) is 0 Å². The largest absolute Gasteiger partial charge is 0.458 e. The Kier molecular flexibility index (Phi) is 4.63. The van der Waals surface area contributed by atoms with Crippen LogP contribution in [0.4, 0.5) is 0 Å². The Labute approximate surface area is 87.8 Å². The molecule has 0 bridgehead atoms. The van der Waals surface area contributed by atoms with Crippen LogP contribution < -0.4 is 0 Å². The Bertz CT molecular complexity index is 157. The molecule has 0 radical (unpaired) electrons. The minimum absolute atomic E-state index is 0.888. The van der Waals surface area contributed by atoms with E-state index in [0.717, 1.165) is 5.16 Å². The first-order valence-electron chi connectivity index (χ1n) is 5.22. The van der Waals surface area contributed by atoms with E-state index in [9.17, 15) is 0 Å². The first-order chi connectivity index (χ1) is 5.54. The third-order valence-corrected chi connectivity index (χ3v) is 15.5. The van der Waals surface area contributed by atoms with Crippen molar-refractivity contribution in [2.45, 2.75) is 57.9 Å². The van der Waals surface area contributed by atoms with Gasteiger partial charge >= 0.3 is 0 Å². The Morgan fingerprint density at radius 2 is 1.38 bits per heavy atom. The molecule has 0 aliphatic carbocycles. The molecule has 0 aromatic rings. The van der Waals surface area contributed by atoms with Gasteiger partial charge in [-0.1, -0.05) is 26.6 Å². The number of hydrogen-bond donors (Lipinski definition) is 0. The minimum Gasteiger partial charge on any atom is -0.458 e. The highest BCUT2D eigenvalue weighted by molar-refractivity contribution is 6.90. The summed E-state index contributed by atoms with van der Waals surface area (Å²) in [7, 11) is -3.17. The molecule has 2 unspecified atom stereocenters. The van der Waals surface area contributed by atoms with Crippen LogP contribution in [0.5, 0.6) is 0 Å². The fourth-order valence-corrected chi connectivity index (χ4v) is 12.9. The Hall–Kier alpha value is 0.611. The lowest BCUT2D eigenvalue weighted by Crippen LogP contribution is -2.42. The summed E-state index contributed by atoms with van der Waals surface area (Å²) in [6, 6.07) is 0.